The van der Waals surface area contributed by atoms with E-state index in [1.54, 1.807) is 4.57 Å². The molecule has 0 saturated heterocycles. The number of hydrogen-bond donors (Lipinski definition) is 1. The third kappa shape index (κ3) is 2.76. The molecule has 0 fully saturated rings. The number of nitrogen functional groups attached to an aromatic ring is 1. The van der Waals surface area contributed by atoms with E-state index < -0.39 is 5.97 Å². The zero-order valence-electron chi connectivity index (χ0n) is 9.27. The maximum atomic E-state index is 11.2. The van der Waals surface area contributed by atoms with Gasteiger partial charge in [-0.15, -0.1) is 12.3 Å². The molecule has 2 N–H and O–H groups in total. The summed E-state index contributed by atoms with van der Waals surface area (Å²) in [6.45, 7) is 0.706. The van der Waals surface area contributed by atoms with E-state index in [2.05, 4.69) is 15.6 Å². The summed E-state index contributed by atoms with van der Waals surface area (Å²) in [6.07, 6.45) is 9.27. The van der Waals surface area contributed by atoms with Crippen molar-refractivity contribution in [1.82, 2.24) is 9.55 Å². The van der Waals surface area contributed by atoms with E-state index in [4.69, 9.17) is 12.2 Å². The number of nitrogens with zero attached hydrogens (tertiary/aromatic N) is 2. The molecule has 0 radical (unpaired) electrons. The first-order chi connectivity index (χ1) is 7.70. The van der Waals surface area contributed by atoms with Gasteiger partial charge in [-0.1, -0.05) is 0 Å². The Kier molecular flexibility index (Phi) is 4.40. The standard InChI is InChI=1S/C11H15N3O2/c1-3-4-5-6-7-14-8-13-9(10(14)12)11(15)16-2/h1,8H,4-7,12H2,2H3. The van der Waals surface area contributed by atoms with Crippen LogP contribution in [0.1, 0.15) is 29.8 Å². The van der Waals surface area contributed by atoms with Crippen molar-refractivity contribution in [3.8, 4) is 12.3 Å². The molecule has 5 nitrogen and oxygen atoms in total. The van der Waals surface area contributed by atoms with Gasteiger partial charge in [-0.2, -0.15) is 0 Å². The van der Waals surface area contributed by atoms with Crippen molar-refractivity contribution in [2.45, 2.75) is 25.8 Å². The first kappa shape index (κ1) is 12.1. The molecule has 0 bridgehead atoms. The molecule has 0 atom stereocenters. The van der Waals surface area contributed by atoms with Crippen molar-refractivity contribution in [3.63, 3.8) is 0 Å². The minimum absolute atomic E-state index is 0.166. The number of carbonyl (C=O) groups is 1. The lowest BCUT2D eigenvalue weighted by molar-refractivity contribution is 0.0596. The molecule has 0 aliphatic heterocycles. The molecule has 0 aromatic carbocycles. The molecule has 0 aliphatic carbocycles. The summed E-state index contributed by atoms with van der Waals surface area (Å²) in [5.41, 5.74) is 5.92. The molecule has 16 heavy (non-hydrogen) atoms. The van der Waals surface area contributed by atoms with Gasteiger partial charge in [0.15, 0.2) is 5.69 Å². The summed E-state index contributed by atoms with van der Waals surface area (Å²) >= 11 is 0. The zero-order valence-corrected chi connectivity index (χ0v) is 9.27. The maximum absolute atomic E-state index is 11.2. The van der Waals surface area contributed by atoms with E-state index in [1.165, 1.54) is 13.4 Å². The molecule has 5 heteroatoms. The minimum Gasteiger partial charge on any atom is -0.464 e. The molecule has 0 amide bonds. The van der Waals surface area contributed by atoms with Gasteiger partial charge in [-0.3, -0.25) is 0 Å². The van der Waals surface area contributed by atoms with Crippen LogP contribution in [0, 0.1) is 12.3 Å². The smallest absolute Gasteiger partial charge is 0.360 e. The molecule has 1 aromatic heterocycles. The number of carbonyl (C=O) groups excluding carboxylic acids is 1. The quantitative estimate of drug-likeness (QED) is 0.458. The summed E-state index contributed by atoms with van der Waals surface area (Å²) in [5, 5.41) is 0. The number of aryl methyl sites for hydroxylation is 1. The predicted molar refractivity (Wildman–Crippen MR) is 60.7 cm³/mol. The summed E-state index contributed by atoms with van der Waals surface area (Å²) in [6, 6.07) is 0. The Morgan fingerprint density at radius 1 is 1.69 bits per heavy atom. The number of rotatable bonds is 5. The number of terminal acetylenes is 1. The van der Waals surface area contributed by atoms with Crippen LogP contribution in [0.2, 0.25) is 0 Å². The Morgan fingerprint density at radius 2 is 2.44 bits per heavy atom. The Bertz CT molecular complexity index is 404. The van der Waals surface area contributed by atoms with Gasteiger partial charge in [0.25, 0.3) is 0 Å². The number of anilines is 1. The monoisotopic (exact) mass is 221 g/mol. The van der Waals surface area contributed by atoms with Crippen LogP contribution < -0.4 is 5.73 Å². The van der Waals surface area contributed by atoms with Crippen molar-refractivity contribution in [3.05, 3.63) is 12.0 Å². The lowest BCUT2D eigenvalue weighted by Gasteiger charge is -2.04. The number of methoxy groups -OCH3 is 1. The average molecular weight is 221 g/mol. The van der Waals surface area contributed by atoms with Crippen molar-refractivity contribution in [1.29, 1.82) is 0 Å². The highest BCUT2D eigenvalue weighted by atomic mass is 16.5. The topological polar surface area (TPSA) is 70.1 Å². The highest BCUT2D eigenvalue weighted by Crippen LogP contribution is 2.12. The SMILES string of the molecule is C#CCCCCn1cnc(C(=O)OC)c1N. The predicted octanol–water partition coefficient (Wildman–Crippen LogP) is 1.06. The van der Waals surface area contributed by atoms with Crippen molar-refractivity contribution in [2.75, 3.05) is 12.8 Å². The van der Waals surface area contributed by atoms with Gasteiger partial charge in [0.1, 0.15) is 5.82 Å². The van der Waals surface area contributed by atoms with Crippen molar-refractivity contribution < 1.29 is 9.53 Å². The minimum atomic E-state index is -0.514. The fourth-order valence-corrected chi connectivity index (χ4v) is 1.33. The first-order valence-electron chi connectivity index (χ1n) is 5.03. The lowest BCUT2D eigenvalue weighted by Crippen LogP contribution is -2.08. The van der Waals surface area contributed by atoms with Gasteiger partial charge in [0.2, 0.25) is 0 Å². The second-order valence-corrected chi connectivity index (χ2v) is 3.32. The molecule has 1 aromatic rings. The fraction of sp³-hybridized carbons (Fsp3) is 0.455. The fourth-order valence-electron chi connectivity index (χ4n) is 1.33. The van der Waals surface area contributed by atoms with Crippen LogP contribution in [0.5, 0.6) is 0 Å². The number of nitrogens with two attached hydrogens (primary N) is 1. The normalized spacial score (nSPS) is 9.75. The molecular formula is C11H15N3O2. The van der Waals surface area contributed by atoms with Crippen LogP contribution in [0.3, 0.4) is 0 Å². The van der Waals surface area contributed by atoms with Crippen LogP contribution in [0.4, 0.5) is 5.82 Å². The third-order valence-electron chi connectivity index (χ3n) is 2.23. The molecule has 86 valence electrons. The largest absolute Gasteiger partial charge is 0.464 e. The second kappa shape index (κ2) is 5.81. The van der Waals surface area contributed by atoms with Gasteiger partial charge < -0.3 is 15.0 Å². The Balaban J connectivity index is 2.59. The van der Waals surface area contributed by atoms with Crippen LogP contribution in [0.25, 0.3) is 0 Å². The van der Waals surface area contributed by atoms with Gasteiger partial charge in [0.05, 0.1) is 13.4 Å². The lowest BCUT2D eigenvalue weighted by atomic mass is 10.2. The van der Waals surface area contributed by atoms with E-state index in [0.717, 1.165) is 19.3 Å². The maximum Gasteiger partial charge on any atom is 0.360 e. The van der Waals surface area contributed by atoms with Crippen LogP contribution in [-0.4, -0.2) is 22.6 Å². The molecule has 0 aliphatic rings. The van der Waals surface area contributed by atoms with Crippen molar-refractivity contribution >= 4 is 11.8 Å². The molecule has 0 saturated carbocycles. The van der Waals surface area contributed by atoms with E-state index in [1.807, 2.05) is 0 Å². The number of unbranched alkanes of at least 4 members (excludes halogenated alkanes) is 2. The summed E-state index contributed by atoms with van der Waals surface area (Å²) < 4.78 is 6.28. The average Bonchev–Trinajstić information content (AvgIpc) is 2.65. The van der Waals surface area contributed by atoms with Gasteiger partial charge in [-0.25, -0.2) is 9.78 Å². The number of imidazole rings is 1. The Labute approximate surface area is 94.6 Å². The van der Waals surface area contributed by atoms with Gasteiger partial charge in [-0.05, 0) is 12.8 Å². The molecular weight excluding hydrogens is 206 g/mol. The summed E-state index contributed by atoms with van der Waals surface area (Å²) in [4.78, 5) is 15.1. The first-order valence-corrected chi connectivity index (χ1v) is 5.03. The number of aromatic nitrogens is 2. The Morgan fingerprint density at radius 3 is 3.06 bits per heavy atom. The van der Waals surface area contributed by atoms with E-state index in [-0.39, 0.29) is 5.69 Å². The zero-order chi connectivity index (χ0) is 12.0. The van der Waals surface area contributed by atoms with Gasteiger partial charge in [0, 0.05) is 13.0 Å². The number of esters is 1. The molecule has 1 rings (SSSR count). The number of hydrogen-bond acceptors (Lipinski definition) is 4. The summed E-state index contributed by atoms with van der Waals surface area (Å²) in [5.74, 6) is 2.40. The van der Waals surface area contributed by atoms with E-state index in [9.17, 15) is 4.79 Å². The highest BCUT2D eigenvalue weighted by molar-refractivity contribution is 5.91. The van der Waals surface area contributed by atoms with Crippen LogP contribution in [0.15, 0.2) is 6.33 Å². The van der Waals surface area contributed by atoms with Crippen molar-refractivity contribution in [2.24, 2.45) is 0 Å². The van der Waals surface area contributed by atoms with Gasteiger partial charge >= 0.3 is 5.97 Å². The summed E-state index contributed by atoms with van der Waals surface area (Å²) in [7, 11) is 1.30. The molecule has 0 unspecified atom stereocenters. The van der Waals surface area contributed by atoms with E-state index in [0.29, 0.717) is 12.4 Å². The molecule has 0 spiro atoms. The highest BCUT2D eigenvalue weighted by Gasteiger charge is 2.15. The van der Waals surface area contributed by atoms with Crippen LogP contribution in [-0.2, 0) is 11.3 Å². The Hall–Kier alpha value is -1.96. The number of ether oxygens (including phenoxy) is 1. The third-order valence-corrected chi connectivity index (χ3v) is 2.23. The second-order valence-electron chi connectivity index (χ2n) is 3.32. The van der Waals surface area contributed by atoms with E-state index >= 15 is 0 Å². The molecule has 1 heterocycles. The van der Waals surface area contributed by atoms with Crippen LogP contribution >= 0.6 is 0 Å².